The summed E-state index contributed by atoms with van der Waals surface area (Å²) in [6, 6.07) is 0.121. The molecule has 0 radical (unpaired) electrons. The maximum absolute atomic E-state index is 9.07. The zero-order valence-corrected chi connectivity index (χ0v) is 10.5. The minimum atomic E-state index is 0.121. The molecule has 2 aromatic rings. The minimum absolute atomic E-state index is 0.121. The Labute approximate surface area is 105 Å². The van der Waals surface area contributed by atoms with Gasteiger partial charge in [-0.3, -0.25) is 0 Å². The Bertz CT molecular complexity index is 523. The molecule has 1 atom stereocenters. The summed E-state index contributed by atoms with van der Waals surface area (Å²) in [5, 5.41) is 12.4. The van der Waals surface area contributed by atoms with Gasteiger partial charge in [-0.1, -0.05) is 13.8 Å². The fraction of sp³-hybridized carbons (Fsp3) is 0.545. The number of nitrogen functional groups attached to an aromatic ring is 1. The lowest BCUT2D eigenvalue weighted by Crippen LogP contribution is -2.27. The number of aromatic nitrogens is 4. The van der Waals surface area contributed by atoms with Crippen molar-refractivity contribution in [2.45, 2.75) is 26.3 Å². The molecule has 0 aromatic carbocycles. The molecule has 0 aliphatic heterocycles. The highest BCUT2D eigenvalue weighted by Crippen LogP contribution is 2.20. The number of aliphatic hydroxyl groups is 1. The first-order chi connectivity index (χ1) is 8.61. The summed E-state index contributed by atoms with van der Waals surface area (Å²) < 4.78 is 0. The van der Waals surface area contributed by atoms with Gasteiger partial charge in [-0.2, -0.15) is 9.97 Å². The van der Waals surface area contributed by atoms with Crippen LogP contribution >= 0.6 is 0 Å². The van der Waals surface area contributed by atoms with Crippen molar-refractivity contribution >= 4 is 22.9 Å². The second kappa shape index (κ2) is 5.18. The number of imidazole rings is 1. The van der Waals surface area contributed by atoms with Crippen molar-refractivity contribution in [1.82, 2.24) is 19.9 Å². The Morgan fingerprint density at radius 1 is 1.44 bits per heavy atom. The maximum Gasteiger partial charge on any atom is 0.224 e. The highest BCUT2D eigenvalue weighted by molar-refractivity contribution is 5.83. The molecular weight excluding hydrogens is 232 g/mol. The van der Waals surface area contributed by atoms with Crippen LogP contribution in [0.1, 0.15) is 20.3 Å². The lowest BCUT2D eigenvalue weighted by atomic mass is 10.0. The van der Waals surface area contributed by atoms with Crippen molar-refractivity contribution in [2.24, 2.45) is 5.92 Å². The second-order valence-corrected chi connectivity index (χ2v) is 4.54. The van der Waals surface area contributed by atoms with Gasteiger partial charge in [0.25, 0.3) is 0 Å². The van der Waals surface area contributed by atoms with Crippen LogP contribution in [0.4, 0.5) is 11.8 Å². The zero-order valence-electron chi connectivity index (χ0n) is 10.5. The molecule has 98 valence electrons. The van der Waals surface area contributed by atoms with E-state index in [1.807, 2.05) is 0 Å². The monoisotopic (exact) mass is 250 g/mol. The number of aromatic amines is 1. The number of hydrogen-bond donors (Lipinski definition) is 4. The van der Waals surface area contributed by atoms with Crippen LogP contribution in [0.5, 0.6) is 0 Å². The first-order valence-electron chi connectivity index (χ1n) is 5.95. The van der Waals surface area contributed by atoms with Crippen LogP contribution in [-0.4, -0.2) is 37.7 Å². The zero-order chi connectivity index (χ0) is 13.1. The van der Waals surface area contributed by atoms with Crippen LogP contribution < -0.4 is 11.1 Å². The van der Waals surface area contributed by atoms with Crippen molar-refractivity contribution in [1.29, 1.82) is 0 Å². The molecule has 0 saturated heterocycles. The van der Waals surface area contributed by atoms with Crippen LogP contribution in [0, 0.1) is 5.92 Å². The van der Waals surface area contributed by atoms with E-state index in [2.05, 4.69) is 39.1 Å². The summed E-state index contributed by atoms with van der Waals surface area (Å²) >= 11 is 0. The topological polar surface area (TPSA) is 113 Å². The summed E-state index contributed by atoms with van der Waals surface area (Å²) in [6.07, 6.45) is 2.21. The molecule has 0 bridgehead atoms. The quantitative estimate of drug-likeness (QED) is 0.623. The van der Waals surface area contributed by atoms with E-state index >= 15 is 0 Å². The fourth-order valence-electron chi connectivity index (χ4n) is 1.84. The van der Waals surface area contributed by atoms with Crippen LogP contribution in [0.2, 0.25) is 0 Å². The van der Waals surface area contributed by atoms with Crippen LogP contribution in [0.25, 0.3) is 11.2 Å². The van der Waals surface area contributed by atoms with Crippen molar-refractivity contribution in [3.8, 4) is 0 Å². The molecule has 7 heteroatoms. The Hall–Kier alpha value is -1.89. The minimum Gasteiger partial charge on any atom is -0.396 e. The smallest absolute Gasteiger partial charge is 0.224 e. The standard InChI is InChI=1S/C11H18N6O/c1-6(2)7(3-4-18)15-10-8-9(14-5-13-8)16-11(12)17-10/h5-7,18H,3-4H2,1-2H3,(H4,12,13,14,15,16,17)/t7-/m1/s1. The molecule has 0 saturated carbocycles. The normalized spacial score (nSPS) is 13.1. The number of anilines is 2. The average molecular weight is 250 g/mol. The van der Waals surface area contributed by atoms with E-state index in [0.717, 1.165) is 5.52 Å². The summed E-state index contributed by atoms with van der Waals surface area (Å²) in [7, 11) is 0. The molecule has 7 nitrogen and oxygen atoms in total. The highest BCUT2D eigenvalue weighted by atomic mass is 16.3. The number of aliphatic hydroxyl groups excluding tert-OH is 1. The van der Waals surface area contributed by atoms with E-state index in [1.54, 1.807) is 6.33 Å². The van der Waals surface area contributed by atoms with Crippen LogP contribution in [0.15, 0.2) is 6.33 Å². The van der Waals surface area contributed by atoms with E-state index in [-0.39, 0.29) is 18.6 Å². The summed E-state index contributed by atoms with van der Waals surface area (Å²) in [5.41, 5.74) is 6.91. The molecule has 2 heterocycles. The number of nitrogens with two attached hydrogens (primary N) is 1. The van der Waals surface area contributed by atoms with Crippen molar-refractivity contribution < 1.29 is 5.11 Å². The molecular formula is C11H18N6O. The predicted octanol–water partition coefficient (Wildman–Crippen LogP) is 0.754. The van der Waals surface area contributed by atoms with Gasteiger partial charge in [0.2, 0.25) is 5.95 Å². The number of nitrogens with one attached hydrogen (secondary N) is 2. The molecule has 0 fully saturated rings. The number of fused-ring (bicyclic) bond motifs is 1. The van der Waals surface area contributed by atoms with Crippen molar-refractivity contribution in [3.63, 3.8) is 0 Å². The lowest BCUT2D eigenvalue weighted by molar-refractivity contribution is 0.267. The van der Waals surface area contributed by atoms with Crippen molar-refractivity contribution in [2.75, 3.05) is 17.7 Å². The first-order valence-corrected chi connectivity index (χ1v) is 5.95. The Morgan fingerprint density at radius 3 is 2.89 bits per heavy atom. The van der Waals surface area contributed by atoms with Crippen LogP contribution in [-0.2, 0) is 0 Å². The molecule has 2 aromatic heterocycles. The Morgan fingerprint density at radius 2 is 2.22 bits per heavy atom. The molecule has 0 aliphatic carbocycles. The lowest BCUT2D eigenvalue weighted by Gasteiger charge is -2.22. The SMILES string of the molecule is CC(C)[C@@H](CCO)Nc1nc(N)nc2nc[nH]c12. The third-order valence-electron chi connectivity index (χ3n) is 2.87. The van der Waals surface area contributed by atoms with Gasteiger partial charge in [0, 0.05) is 12.6 Å². The Balaban J connectivity index is 2.32. The molecule has 5 N–H and O–H groups in total. The Kier molecular flexibility index (Phi) is 3.61. The second-order valence-electron chi connectivity index (χ2n) is 4.54. The maximum atomic E-state index is 9.07. The van der Waals surface area contributed by atoms with E-state index in [4.69, 9.17) is 10.8 Å². The molecule has 0 spiro atoms. The third-order valence-corrected chi connectivity index (χ3v) is 2.87. The molecule has 2 rings (SSSR count). The van der Waals surface area contributed by atoms with E-state index in [1.165, 1.54) is 0 Å². The number of H-pyrrole nitrogens is 1. The summed E-state index contributed by atoms with van der Waals surface area (Å²) in [4.78, 5) is 15.3. The van der Waals surface area contributed by atoms with Gasteiger partial charge >= 0.3 is 0 Å². The largest absolute Gasteiger partial charge is 0.396 e. The molecule has 0 unspecified atom stereocenters. The summed E-state index contributed by atoms with van der Waals surface area (Å²) in [5.74, 6) is 1.18. The van der Waals surface area contributed by atoms with Crippen LogP contribution in [0.3, 0.4) is 0 Å². The van der Waals surface area contributed by atoms with E-state index < -0.39 is 0 Å². The van der Waals surface area contributed by atoms with Gasteiger partial charge in [0.15, 0.2) is 11.5 Å². The van der Waals surface area contributed by atoms with Gasteiger partial charge in [-0.15, -0.1) is 0 Å². The van der Waals surface area contributed by atoms with Gasteiger partial charge in [-0.05, 0) is 12.3 Å². The predicted molar refractivity (Wildman–Crippen MR) is 70.0 cm³/mol. The van der Waals surface area contributed by atoms with Gasteiger partial charge in [-0.25, -0.2) is 4.98 Å². The molecule has 0 amide bonds. The average Bonchev–Trinajstić information content (AvgIpc) is 2.76. The van der Waals surface area contributed by atoms with Gasteiger partial charge < -0.3 is 21.1 Å². The van der Waals surface area contributed by atoms with Gasteiger partial charge in [0.1, 0.15) is 5.52 Å². The molecule has 18 heavy (non-hydrogen) atoms. The highest BCUT2D eigenvalue weighted by Gasteiger charge is 2.16. The van der Waals surface area contributed by atoms with E-state index in [9.17, 15) is 0 Å². The number of rotatable bonds is 5. The van der Waals surface area contributed by atoms with Crippen molar-refractivity contribution in [3.05, 3.63) is 6.33 Å². The number of nitrogens with zero attached hydrogens (tertiary/aromatic N) is 3. The molecule has 0 aliphatic rings. The van der Waals surface area contributed by atoms with Gasteiger partial charge in [0.05, 0.1) is 6.33 Å². The van der Waals surface area contributed by atoms with E-state index in [0.29, 0.717) is 23.8 Å². The first kappa shape index (κ1) is 12.6. The summed E-state index contributed by atoms with van der Waals surface area (Å²) in [6.45, 7) is 4.30. The third kappa shape index (κ3) is 2.51. The fourth-order valence-corrected chi connectivity index (χ4v) is 1.84. The number of hydrogen-bond acceptors (Lipinski definition) is 6.